The normalized spacial score (nSPS) is 13.3. The number of fused-ring (bicyclic) bond motifs is 1. The van der Waals surface area contributed by atoms with E-state index in [4.69, 9.17) is 10.8 Å². The summed E-state index contributed by atoms with van der Waals surface area (Å²) in [5, 5.41) is 31.7. The van der Waals surface area contributed by atoms with E-state index in [0.29, 0.717) is 11.1 Å². The lowest BCUT2D eigenvalue weighted by Gasteiger charge is -2.25. The van der Waals surface area contributed by atoms with Crippen molar-refractivity contribution in [2.45, 2.75) is 50.4 Å². The Morgan fingerprint density at radius 3 is 1.94 bits per heavy atom. The quantitative estimate of drug-likeness (QED) is 0.0779. The molecule has 0 saturated carbocycles. The first-order chi connectivity index (χ1) is 22.4. The molecule has 0 aliphatic carbocycles. The minimum atomic E-state index is -1.65. The highest BCUT2D eigenvalue weighted by atomic mass is 16.4. The van der Waals surface area contributed by atoms with Gasteiger partial charge in [-0.05, 0) is 17.2 Å². The number of H-pyrrole nitrogens is 1. The highest BCUT2D eigenvalue weighted by molar-refractivity contribution is 5.97. The lowest BCUT2D eigenvalue weighted by molar-refractivity contribution is -0.141. The molecule has 1 heterocycles. The van der Waals surface area contributed by atoms with Gasteiger partial charge in [0, 0.05) is 36.9 Å². The molecule has 0 bridgehead atoms. The minimum absolute atomic E-state index is 0.0222. The zero-order valence-corrected chi connectivity index (χ0v) is 25.4. The second-order valence-electron chi connectivity index (χ2n) is 10.7. The Hall–Kier alpha value is -5.77. The first-order valence-corrected chi connectivity index (χ1v) is 14.5. The number of aliphatic hydroxyl groups is 1. The molecule has 0 radical (unpaired) electrons. The molecule has 0 aliphatic heterocycles. The van der Waals surface area contributed by atoms with E-state index in [0.717, 1.165) is 17.8 Å². The van der Waals surface area contributed by atoms with Crippen LogP contribution in [0.5, 0.6) is 0 Å². The Kier molecular flexibility index (Phi) is 13.0. The van der Waals surface area contributed by atoms with Crippen molar-refractivity contribution in [3.63, 3.8) is 0 Å². The third-order valence-electron chi connectivity index (χ3n) is 6.97. The Balaban J connectivity index is 1.88. The van der Waals surface area contributed by atoms with Gasteiger partial charge in [0.15, 0.2) is 0 Å². The number of aromatic amines is 1. The smallest absolute Gasteiger partial charge is 0.305 e. The lowest BCUT2D eigenvalue weighted by atomic mass is 10.0. The van der Waals surface area contributed by atoms with E-state index in [2.05, 4.69) is 31.6 Å². The van der Waals surface area contributed by atoms with Crippen LogP contribution in [0.2, 0.25) is 0 Å². The van der Waals surface area contributed by atoms with E-state index < -0.39 is 85.2 Å². The number of carboxylic acids is 1. The van der Waals surface area contributed by atoms with E-state index in [1.807, 2.05) is 6.07 Å². The van der Waals surface area contributed by atoms with E-state index in [1.165, 1.54) is 0 Å². The topological polar surface area (TPSA) is 262 Å². The molecule has 1 aromatic heterocycles. The van der Waals surface area contributed by atoms with Gasteiger partial charge in [-0.25, -0.2) is 0 Å². The molecule has 250 valence electrons. The number of para-hydroxylation sites is 1. The first kappa shape index (κ1) is 35.7. The van der Waals surface area contributed by atoms with Crippen LogP contribution in [0.1, 0.15) is 24.5 Å². The molecule has 47 heavy (non-hydrogen) atoms. The van der Waals surface area contributed by atoms with Gasteiger partial charge in [0.1, 0.15) is 24.2 Å². The standard InChI is InChI=1S/C31H37N7O9/c1-17(40)35-24(13-27(42)43)30(46)38-25(16-39)31(47)37-23(12-19-14-33-21-10-6-5-9-20(19)21)29(45)36-22(28(44)34-15-26(32)41)11-18-7-3-2-4-8-18/h2-10,14,22-25,33,39H,11-13,15-16H2,1H3,(H2,32,41)(H,34,44)(H,35,40)(H,36,45)(H,37,47)(H,38,46)(H,42,43)/t22-,23-,24-,25-/m0/s1. The highest BCUT2D eigenvalue weighted by Crippen LogP contribution is 2.19. The van der Waals surface area contributed by atoms with Gasteiger partial charge >= 0.3 is 5.97 Å². The molecular formula is C31H37N7O9. The van der Waals surface area contributed by atoms with Crippen LogP contribution in [0, 0.1) is 0 Å². The van der Waals surface area contributed by atoms with Crippen LogP contribution in [-0.4, -0.2) is 93.9 Å². The molecule has 0 spiro atoms. The largest absolute Gasteiger partial charge is 0.481 e. The SMILES string of the molecule is CC(=O)N[C@@H](CC(=O)O)C(=O)N[C@@H](CO)C(=O)N[C@@H](Cc1c[nH]c2ccccc12)C(=O)N[C@@H](Cc1ccccc1)C(=O)NCC(N)=O. The Bertz CT molecular complexity index is 1590. The summed E-state index contributed by atoms with van der Waals surface area (Å²) in [6.45, 7) is -0.342. The molecule has 2 aromatic carbocycles. The van der Waals surface area contributed by atoms with Crippen molar-refractivity contribution in [3.05, 3.63) is 71.9 Å². The van der Waals surface area contributed by atoms with E-state index in [9.17, 15) is 38.7 Å². The molecule has 0 unspecified atom stereocenters. The molecule has 0 fully saturated rings. The van der Waals surface area contributed by atoms with Gasteiger partial charge in [-0.3, -0.25) is 33.6 Å². The highest BCUT2D eigenvalue weighted by Gasteiger charge is 2.32. The molecule has 4 atom stereocenters. The average Bonchev–Trinajstić information content (AvgIpc) is 3.43. The zero-order valence-electron chi connectivity index (χ0n) is 25.4. The lowest BCUT2D eigenvalue weighted by Crippen LogP contribution is -2.60. The number of nitrogens with one attached hydrogen (secondary N) is 6. The fourth-order valence-electron chi connectivity index (χ4n) is 4.73. The summed E-state index contributed by atoms with van der Waals surface area (Å²) in [6.07, 6.45) is 0.779. The second kappa shape index (κ2) is 17.1. The Morgan fingerprint density at radius 1 is 0.745 bits per heavy atom. The number of aliphatic carboxylic acids is 1. The third kappa shape index (κ3) is 11.0. The predicted octanol–water partition coefficient (Wildman–Crippen LogP) is -2.02. The summed E-state index contributed by atoms with van der Waals surface area (Å²) < 4.78 is 0. The number of carboxylic acid groups (broad SMARTS) is 1. The van der Waals surface area contributed by atoms with Crippen LogP contribution in [0.4, 0.5) is 0 Å². The van der Waals surface area contributed by atoms with Crippen molar-refractivity contribution in [3.8, 4) is 0 Å². The number of carbonyl (C=O) groups is 7. The average molecular weight is 652 g/mol. The molecule has 10 N–H and O–H groups in total. The van der Waals surface area contributed by atoms with Crippen LogP contribution >= 0.6 is 0 Å². The number of amides is 6. The van der Waals surface area contributed by atoms with Gasteiger partial charge < -0.3 is 47.5 Å². The zero-order chi connectivity index (χ0) is 34.5. The van der Waals surface area contributed by atoms with Gasteiger partial charge in [-0.1, -0.05) is 48.5 Å². The first-order valence-electron chi connectivity index (χ1n) is 14.5. The molecule has 16 heteroatoms. The molecule has 0 aliphatic rings. The van der Waals surface area contributed by atoms with Gasteiger partial charge in [-0.15, -0.1) is 0 Å². The molecular weight excluding hydrogens is 614 g/mol. The molecule has 16 nitrogen and oxygen atoms in total. The van der Waals surface area contributed by atoms with E-state index >= 15 is 0 Å². The maximum absolute atomic E-state index is 13.8. The molecule has 6 amide bonds. The van der Waals surface area contributed by atoms with Crippen LogP contribution in [0.25, 0.3) is 10.9 Å². The monoisotopic (exact) mass is 651 g/mol. The van der Waals surface area contributed by atoms with E-state index in [-0.39, 0.29) is 12.8 Å². The van der Waals surface area contributed by atoms with Crippen LogP contribution in [-0.2, 0) is 46.4 Å². The molecule has 3 aromatic rings. The number of aliphatic hydroxyl groups excluding tert-OH is 1. The summed E-state index contributed by atoms with van der Waals surface area (Å²) in [4.78, 5) is 90.1. The third-order valence-corrected chi connectivity index (χ3v) is 6.97. The number of carbonyl (C=O) groups excluding carboxylic acids is 6. The van der Waals surface area contributed by atoms with Crippen LogP contribution in [0.15, 0.2) is 60.8 Å². The number of primary amides is 1. The van der Waals surface area contributed by atoms with Crippen LogP contribution < -0.4 is 32.3 Å². The number of rotatable bonds is 17. The van der Waals surface area contributed by atoms with Crippen molar-refractivity contribution < 1.29 is 43.8 Å². The summed E-state index contributed by atoms with van der Waals surface area (Å²) in [5.41, 5.74) is 7.23. The van der Waals surface area contributed by atoms with Crippen molar-refractivity contribution >= 4 is 52.3 Å². The Morgan fingerprint density at radius 2 is 1.32 bits per heavy atom. The fourth-order valence-corrected chi connectivity index (χ4v) is 4.73. The van der Waals surface area contributed by atoms with Crippen molar-refractivity contribution in [2.24, 2.45) is 5.73 Å². The Labute approximate surface area is 268 Å². The van der Waals surface area contributed by atoms with Crippen LogP contribution in [0.3, 0.4) is 0 Å². The van der Waals surface area contributed by atoms with Crippen molar-refractivity contribution in [2.75, 3.05) is 13.2 Å². The van der Waals surface area contributed by atoms with Crippen molar-refractivity contribution in [1.29, 1.82) is 0 Å². The van der Waals surface area contributed by atoms with Gasteiger partial charge in [0.05, 0.1) is 19.6 Å². The van der Waals surface area contributed by atoms with Crippen molar-refractivity contribution in [1.82, 2.24) is 31.6 Å². The minimum Gasteiger partial charge on any atom is -0.481 e. The van der Waals surface area contributed by atoms with E-state index in [1.54, 1.807) is 54.7 Å². The molecule has 3 rings (SSSR count). The maximum atomic E-state index is 13.8. The number of benzene rings is 2. The number of nitrogens with two attached hydrogens (primary N) is 1. The number of hydrogen-bond donors (Lipinski definition) is 9. The molecule has 0 saturated heterocycles. The van der Waals surface area contributed by atoms with Gasteiger partial charge in [-0.2, -0.15) is 0 Å². The number of aromatic nitrogens is 1. The fraction of sp³-hybridized carbons (Fsp3) is 0.323. The maximum Gasteiger partial charge on any atom is 0.305 e. The predicted molar refractivity (Wildman–Crippen MR) is 167 cm³/mol. The summed E-state index contributed by atoms with van der Waals surface area (Å²) in [7, 11) is 0. The summed E-state index contributed by atoms with van der Waals surface area (Å²) in [5.74, 6) is -6.46. The van der Waals surface area contributed by atoms with Gasteiger partial charge in [0.2, 0.25) is 35.4 Å². The number of hydrogen-bond acceptors (Lipinski definition) is 8. The second-order valence-corrected chi connectivity index (χ2v) is 10.7. The summed E-state index contributed by atoms with van der Waals surface area (Å²) in [6, 6.07) is 10.2. The van der Waals surface area contributed by atoms with Gasteiger partial charge in [0.25, 0.3) is 0 Å². The summed E-state index contributed by atoms with van der Waals surface area (Å²) >= 11 is 0.